The van der Waals surface area contributed by atoms with Gasteiger partial charge in [-0.15, -0.1) is 0 Å². The van der Waals surface area contributed by atoms with E-state index in [9.17, 15) is 0 Å². The second-order valence-corrected chi connectivity index (χ2v) is 3.20. The maximum Gasteiger partial charge on any atom is 0.0241 e. The standard InChI is InChI=1S/C8H18N2/c1-4-8-7(2)9-5-6-10(8)3/h7-9H,4-6H2,1-3H3. The third-order valence-corrected chi connectivity index (χ3v) is 2.49. The Bertz CT molecular complexity index is 93.4. The normalized spacial score (nSPS) is 36.3. The van der Waals surface area contributed by atoms with E-state index >= 15 is 0 Å². The van der Waals surface area contributed by atoms with E-state index in [1.165, 1.54) is 13.0 Å². The molecule has 1 saturated heterocycles. The van der Waals surface area contributed by atoms with Gasteiger partial charge in [-0.2, -0.15) is 0 Å². The van der Waals surface area contributed by atoms with E-state index in [0.717, 1.165) is 12.6 Å². The van der Waals surface area contributed by atoms with Gasteiger partial charge >= 0.3 is 0 Å². The van der Waals surface area contributed by atoms with Crippen LogP contribution in [0.1, 0.15) is 20.3 Å². The first kappa shape index (κ1) is 8.02. The van der Waals surface area contributed by atoms with Gasteiger partial charge in [0.25, 0.3) is 0 Å². The van der Waals surface area contributed by atoms with Crippen LogP contribution in [0.4, 0.5) is 0 Å². The van der Waals surface area contributed by atoms with Gasteiger partial charge in [0.15, 0.2) is 0 Å². The Morgan fingerprint density at radius 1 is 1.60 bits per heavy atom. The molecule has 1 heterocycles. The van der Waals surface area contributed by atoms with Crippen molar-refractivity contribution in [3.63, 3.8) is 0 Å². The summed E-state index contributed by atoms with van der Waals surface area (Å²) in [6, 6.07) is 1.41. The number of rotatable bonds is 1. The highest BCUT2D eigenvalue weighted by Crippen LogP contribution is 2.09. The van der Waals surface area contributed by atoms with Crippen molar-refractivity contribution in [2.45, 2.75) is 32.4 Å². The molecule has 0 aliphatic carbocycles. The highest BCUT2D eigenvalue weighted by atomic mass is 15.2. The fourth-order valence-electron chi connectivity index (χ4n) is 1.82. The van der Waals surface area contributed by atoms with Crippen molar-refractivity contribution in [2.24, 2.45) is 0 Å². The molecule has 2 nitrogen and oxygen atoms in total. The molecule has 2 unspecified atom stereocenters. The van der Waals surface area contributed by atoms with Crippen LogP contribution in [0.25, 0.3) is 0 Å². The first-order valence-electron chi connectivity index (χ1n) is 4.19. The maximum atomic E-state index is 3.47. The molecule has 0 amide bonds. The topological polar surface area (TPSA) is 15.3 Å². The third-order valence-electron chi connectivity index (χ3n) is 2.49. The fraction of sp³-hybridized carbons (Fsp3) is 1.00. The lowest BCUT2D eigenvalue weighted by Gasteiger charge is -2.37. The van der Waals surface area contributed by atoms with E-state index in [2.05, 4.69) is 31.1 Å². The molecule has 2 heteroatoms. The van der Waals surface area contributed by atoms with Gasteiger partial charge in [-0.25, -0.2) is 0 Å². The fourth-order valence-corrected chi connectivity index (χ4v) is 1.82. The average Bonchev–Trinajstić information content (AvgIpc) is 1.88. The number of nitrogens with zero attached hydrogens (tertiary/aromatic N) is 1. The van der Waals surface area contributed by atoms with E-state index < -0.39 is 0 Å². The quantitative estimate of drug-likeness (QED) is 0.579. The number of nitrogens with one attached hydrogen (secondary N) is 1. The van der Waals surface area contributed by atoms with Crippen molar-refractivity contribution in [2.75, 3.05) is 20.1 Å². The molecule has 1 N–H and O–H groups in total. The Hall–Kier alpha value is -0.0800. The molecule has 0 bridgehead atoms. The van der Waals surface area contributed by atoms with Crippen LogP contribution in [0.5, 0.6) is 0 Å². The van der Waals surface area contributed by atoms with Crippen LogP contribution in [-0.2, 0) is 0 Å². The first-order valence-corrected chi connectivity index (χ1v) is 4.19. The molecule has 1 fully saturated rings. The second kappa shape index (κ2) is 3.35. The van der Waals surface area contributed by atoms with Crippen LogP contribution >= 0.6 is 0 Å². The summed E-state index contributed by atoms with van der Waals surface area (Å²) in [6.45, 7) is 6.87. The predicted molar refractivity (Wildman–Crippen MR) is 44.2 cm³/mol. The maximum absolute atomic E-state index is 3.47. The summed E-state index contributed by atoms with van der Waals surface area (Å²) in [5.74, 6) is 0. The first-order chi connectivity index (χ1) is 4.75. The Morgan fingerprint density at radius 3 is 2.70 bits per heavy atom. The minimum atomic E-state index is 0.670. The van der Waals surface area contributed by atoms with Crippen LogP contribution < -0.4 is 5.32 Å². The molecular weight excluding hydrogens is 124 g/mol. The third kappa shape index (κ3) is 1.50. The molecule has 0 radical (unpaired) electrons. The van der Waals surface area contributed by atoms with Gasteiger partial charge in [-0.05, 0) is 20.4 Å². The van der Waals surface area contributed by atoms with Crippen molar-refractivity contribution >= 4 is 0 Å². The Morgan fingerprint density at radius 2 is 2.30 bits per heavy atom. The van der Waals surface area contributed by atoms with Gasteiger partial charge in [-0.3, -0.25) is 0 Å². The molecule has 10 heavy (non-hydrogen) atoms. The average molecular weight is 142 g/mol. The Balaban J connectivity index is 2.45. The molecule has 0 saturated carbocycles. The number of piperazine rings is 1. The highest BCUT2D eigenvalue weighted by Gasteiger charge is 2.22. The molecule has 0 aromatic rings. The van der Waals surface area contributed by atoms with E-state index in [0.29, 0.717) is 6.04 Å². The summed E-state index contributed by atoms with van der Waals surface area (Å²) in [4.78, 5) is 2.45. The molecule has 1 rings (SSSR count). The monoisotopic (exact) mass is 142 g/mol. The molecule has 60 valence electrons. The van der Waals surface area contributed by atoms with Crippen molar-refractivity contribution in [3.8, 4) is 0 Å². The number of hydrogen-bond donors (Lipinski definition) is 1. The van der Waals surface area contributed by atoms with Gasteiger partial charge < -0.3 is 10.2 Å². The van der Waals surface area contributed by atoms with E-state index in [1.54, 1.807) is 0 Å². The van der Waals surface area contributed by atoms with Gasteiger partial charge in [0, 0.05) is 25.2 Å². The van der Waals surface area contributed by atoms with Crippen LogP contribution in [0.2, 0.25) is 0 Å². The molecular formula is C8H18N2. The summed E-state index contributed by atoms with van der Waals surface area (Å²) in [5, 5.41) is 3.47. The van der Waals surface area contributed by atoms with Crippen molar-refractivity contribution in [1.29, 1.82) is 0 Å². The molecule has 0 aromatic heterocycles. The second-order valence-electron chi connectivity index (χ2n) is 3.20. The molecule has 2 atom stereocenters. The van der Waals surface area contributed by atoms with Crippen molar-refractivity contribution in [3.05, 3.63) is 0 Å². The SMILES string of the molecule is CCC1C(C)NCCN1C. The van der Waals surface area contributed by atoms with E-state index in [4.69, 9.17) is 0 Å². The smallest absolute Gasteiger partial charge is 0.0241 e. The van der Waals surface area contributed by atoms with Crippen molar-refractivity contribution in [1.82, 2.24) is 10.2 Å². The number of hydrogen-bond acceptors (Lipinski definition) is 2. The molecule has 1 aliphatic rings. The van der Waals surface area contributed by atoms with Gasteiger partial charge in [-0.1, -0.05) is 6.92 Å². The largest absolute Gasteiger partial charge is 0.311 e. The lowest BCUT2D eigenvalue weighted by molar-refractivity contribution is 0.154. The zero-order valence-corrected chi connectivity index (χ0v) is 7.22. The van der Waals surface area contributed by atoms with E-state index in [1.807, 2.05) is 0 Å². The molecule has 0 aromatic carbocycles. The molecule has 0 spiro atoms. The number of likely N-dealkylation sites (N-methyl/N-ethyl adjacent to an activating group) is 1. The van der Waals surface area contributed by atoms with Crippen LogP contribution in [0, 0.1) is 0 Å². The summed E-state index contributed by atoms with van der Waals surface area (Å²) in [5.41, 5.74) is 0. The zero-order chi connectivity index (χ0) is 7.56. The summed E-state index contributed by atoms with van der Waals surface area (Å²) < 4.78 is 0. The van der Waals surface area contributed by atoms with E-state index in [-0.39, 0.29) is 0 Å². The minimum absolute atomic E-state index is 0.670. The Labute approximate surface area is 63.6 Å². The minimum Gasteiger partial charge on any atom is -0.311 e. The van der Waals surface area contributed by atoms with Gasteiger partial charge in [0.1, 0.15) is 0 Å². The van der Waals surface area contributed by atoms with Crippen LogP contribution in [0.15, 0.2) is 0 Å². The lowest BCUT2D eigenvalue weighted by Crippen LogP contribution is -2.54. The molecule has 1 aliphatic heterocycles. The summed E-state index contributed by atoms with van der Waals surface area (Å²) in [6.07, 6.45) is 1.25. The van der Waals surface area contributed by atoms with Crippen LogP contribution in [-0.4, -0.2) is 37.1 Å². The van der Waals surface area contributed by atoms with Crippen molar-refractivity contribution < 1.29 is 0 Å². The zero-order valence-electron chi connectivity index (χ0n) is 7.22. The van der Waals surface area contributed by atoms with Crippen LogP contribution in [0.3, 0.4) is 0 Å². The van der Waals surface area contributed by atoms with Gasteiger partial charge in [0.05, 0.1) is 0 Å². The summed E-state index contributed by atoms with van der Waals surface area (Å²) >= 11 is 0. The summed E-state index contributed by atoms with van der Waals surface area (Å²) in [7, 11) is 2.21. The predicted octanol–water partition coefficient (Wildman–Crippen LogP) is 0.688. The Kier molecular flexibility index (Phi) is 2.69. The lowest BCUT2D eigenvalue weighted by atomic mass is 10.0. The highest BCUT2D eigenvalue weighted by molar-refractivity contribution is 4.83. The van der Waals surface area contributed by atoms with Gasteiger partial charge in [0.2, 0.25) is 0 Å².